The molecule has 11 heteroatoms. The van der Waals surface area contributed by atoms with Gasteiger partial charge in [0, 0.05) is 6.42 Å². The molecule has 0 aliphatic carbocycles. The van der Waals surface area contributed by atoms with E-state index in [-0.39, 0.29) is 13.0 Å². The predicted molar refractivity (Wildman–Crippen MR) is 347 cm³/mol. The van der Waals surface area contributed by atoms with Crippen LogP contribution < -0.4 is 5.32 Å². The highest BCUT2D eigenvalue weighted by Crippen LogP contribution is 2.26. The average Bonchev–Trinajstić information content (AvgIpc) is 3.50. The second-order valence-corrected chi connectivity index (χ2v) is 24.6. The Morgan fingerprint density at radius 2 is 0.831 bits per heavy atom. The standard InChI is InChI=1S/C72H133NO10/c1-4-7-10-13-16-19-22-25-27-29-31-32-33-34-35-37-39-42-45-48-51-54-57-60-67(77)83-70-69(79)68(78)66(61-74)82-72(70)81-62-63(64(75)58-55-52-49-46-43-40-24-21-18-15-12-9-6-3)73-71(80)65(76)59-56-53-50-47-44-41-38-36-30-28-26-23-20-17-14-11-8-5-2/h16,19,25,27,31-32,55,58,63-66,68-70,72,74-76,78-79H,4-15,17-18,20-24,26,28-30,33-54,56-57,59-62H2,1-3H3,(H,73,80)/b19-16-,27-25-,32-31-,58-55+. The van der Waals surface area contributed by atoms with Crippen LogP contribution in [0, 0.1) is 0 Å². The number of nitrogens with one attached hydrogen (secondary N) is 1. The molecule has 486 valence electrons. The van der Waals surface area contributed by atoms with Gasteiger partial charge in [-0.2, -0.15) is 0 Å². The molecular weight excluding hydrogens is 1040 g/mol. The highest BCUT2D eigenvalue weighted by Gasteiger charge is 2.47. The summed E-state index contributed by atoms with van der Waals surface area (Å²) in [5, 5.41) is 57.2. The lowest BCUT2D eigenvalue weighted by Crippen LogP contribution is -2.61. The number of carbonyl (C=O) groups excluding carboxylic acids is 2. The van der Waals surface area contributed by atoms with Crippen LogP contribution in [0.3, 0.4) is 0 Å². The summed E-state index contributed by atoms with van der Waals surface area (Å²) in [6.45, 7) is 5.81. The zero-order valence-electron chi connectivity index (χ0n) is 54.1. The van der Waals surface area contributed by atoms with Crippen molar-refractivity contribution in [1.82, 2.24) is 5.32 Å². The molecule has 1 rings (SSSR count). The van der Waals surface area contributed by atoms with Crippen LogP contribution in [0.4, 0.5) is 0 Å². The van der Waals surface area contributed by atoms with E-state index in [1.54, 1.807) is 6.08 Å². The van der Waals surface area contributed by atoms with Crippen LogP contribution in [-0.4, -0.2) is 99.6 Å². The topological polar surface area (TPSA) is 175 Å². The van der Waals surface area contributed by atoms with Gasteiger partial charge in [-0.25, -0.2) is 0 Å². The molecule has 1 saturated heterocycles. The largest absolute Gasteiger partial charge is 0.454 e. The SMILES string of the molecule is CCCCC/C=C\C/C=C\C/C=C\CCCCCCCCCCCCC(=O)OC1C(OCC(NC(=O)C(O)CCCCCCCCCCCCCCCCCCCC)C(O)/C=C/CCCCCCCCCCCCC)OC(CO)C(O)C1O. The summed E-state index contributed by atoms with van der Waals surface area (Å²) in [6.07, 6.45) is 64.3. The number of hydrogen-bond acceptors (Lipinski definition) is 10. The molecule has 1 heterocycles. The van der Waals surface area contributed by atoms with Crippen molar-refractivity contribution in [2.75, 3.05) is 13.2 Å². The summed E-state index contributed by atoms with van der Waals surface area (Å²) < 4.78 is 17.7. The minimum Gasteiger partial charge on any atom is -0.454 e. The van der Waals surface area contributed by atoms with Gasteiger partial charge in [0.25, 0.3) is 0 Å². The molecule has 0 aromatic rings. The van der Waals surface area contributed by atoms with Gasteiger partial charge in [-0.1, -0.05) is 313 Å². The summed E-state index contributed by atoms with van der Waals surface area (Å²) in [5.74, 6) is -1.18. The van der Waals surface area contributed by atoms with Crippen LogP contribution in [0.25, 0.3) is 0 Å². The Hall–Kier alpha value is -2.38. The Morgan fingerprint density at radius 3 is 1.27 bits per heavy atom. The molecule has 0 aromatic carbocycles. The third-order valence-electron chi connectivity index (χ3n) is 16.7. The van der Waals surface area contributed by atoms with Gasteiger partial charge in [0.15, 0.2) is 12.4 Å². The van der Waals surface area contributed by atoms with Crippen LogP contribution in [0.2, 0.25) is 0 Å². The maximum absolute atomic E-state index is 13.5. The van der Waals surface area contributed by atoms with Crippen molar-refractivity contribution in [3.8, 4) is 0 Å². The predicted octanol–water partition coefficient (Wildman–Crippen LogP) is 18.0. The molecular formula is C72H133NO10. The van der Waals surface area contributed by atoms with Crippen molar-refractivity contribution >= 4 is 11.9 Å². The van der Waals surface area contributed by atoms with E-state index in [1.165, 1.54) is 212 Å². The number of rotatable bonds is 61. The second kappa shape index (κ2) is 59.9. The first-order valence-corrected chi connectivity index (χ1v) is 35.4. The Labute approximate surface area is 510 Å². The molecule has 1 amide bonds. The monoisotopic (exact) mass is 1170 g/mol. The molecule has 0 bridgehead atoms. The third kappa shape index (κ3) is 47.4. The zero-order chi connectivity index (χ0) is 60.3. The normalized spacial score (nSPS) is 18.8. The van der Waals surface area contributed by atoms with Gasteiger partial charge < -0.3 is 45.1 Å². The molecule has 0 radical (unpaired) electrons. The first-order valence-electron chi connectivity index (χ1n) is 35.4. The van der Waals surface area contributed by atoms with Crippen molar-refractivity contribution in [2.24, 2.45) is 0 Å². The molecule has 8 atom stereocenters. The van der Waals surface area contributed by atoms with Gasteiger partial charge in [0.1, 0.15) is 24.4 Å². The number of amides is 1. The van der Waals surface area contributed by atoms with Gasteiger partial charge in [-0.15, -0.1) is 0 Å². The van der Waals surface area contributed by atoms with Crippen LogP contribution in [0.15, 0.2) is 48.6 Å². The summed E-state index contributed by atoms with van der Waals surface area (Å²) >= 11 is 0. The average molecular weight is 1170 g/mol. The third-order valence-corrected chi connectivity index (χ3v) is 16.7. The number of hydrogen-bond donors (Lipinski definition) is 6. The molecule has 1 aliphatic heterocycles. The van der Waals surface area contributed by atoms with E-state index in [0.29, 0.717) is 19.3 Å². The van der Waals surface area contributed by atoms with Gasteiger partial charge in [-0.3, -0.25) is 9.59 Å². The van der Waals surface area contributed by atoms with E-state index < -0.39 is 67.4 Å². The summed E-state index contributed by atoms with van der Waals surface area (Å²) in [6, 6.07) is -1.02. The quantitative estimate of drug-likeness (QED) is 0.0195. The number of aliphatic hydroxyl groups is 5. The lowest BCUT2D eigenvalue weighted by atomic mass is 9.99. The number of aliphatic hydroxyl groups excluding tert-OH is 5. The molecule has 0 saturated carbocycles. The van der Waals surface area contributed by atoms with Crippen LogP contribution >= 0.6 is 0 Å². The van der Waals surface area contributed by atoms with Crippen molar-refractivity contribution in [3.05, 3.63) is 48.6 Å². The highest BCUT2D eigenvalue weighted by atomic mass is 16.7. The van der Waals surface area contributed by atoms with Crippen molar-refractivity contribution in [1.29, 1.82) is 0 Å². The fraction of sp³-hybridized carbons (Fsp3) is 0.861. The molecule has 6 N–H and O–H groups in total. The molecule has 0 spiro atoms. The van der Waals surface area contributed by atoms with Crippen molar-refractivity contribution in [3.63, 3.8) is 0 Å². The molecule has 0 aromatic heterocycles. The number of allylic oxidation sites excluding steroid dienone is 7. The first kappa shape index (κ1) is 78.6. The maximum Gasteiger partial charge on any atom is 0.306 e. The van der Waals surface area contributed by atoms with E-state index in [0.717, 1.165) is 77.0 Å². The van der Waals surface area contributed by atoms with E-state index >= 15 is 0 Å². The van der Waals surface area contributed by atoms with Crippen molar-refractivity contribution in [2.45, 2.75) is 384 Å². The molecule has 1 aliphatic rings. The number of carbonyl (C=O) groups is 2. The maximum atomic E-state index is 13.5. The molecule has 1 fully saturated rings. The van der Waals surface area contributed by atoms with E-state index in [1.807, 2.05) is 6.08 Å². The second-order valence-electron chi connectivity index (χ2n) is 24.6. The summed E-state index contributed by atoms with van der Waals surface area (Å²) in [7, 11) is 0. The Balaban J connectivity index is 2.59. The van der Waals surface area contributed by atoms with E-state index in [9.17, 15) is 35.1 Å². The molecule has 8 unspecified atom stereocenters. The molecule has 83 heavy (non-hydrogen) atoms. The van der Waals surface area contributed by atoms with Gasteiger partial charge in [0.2, 0.25) is 5.91 Å². The number of ether oxygens (including phenoxy) is 3. The first-order chi connectivity index (χ1) is 40.7. The number of unbranched alkanes of at least 4 members (excludes halogenated alkanes) is 41. The summed E-state index contributed by atoms with van der Waals surface area (Å²) in [4.78, 5) is 26.7. The Kier molecular flexibility index (Phi) is 56.8. The van der Waals surface area contributed by atoms with Gasteiger partial charge in [0.05, 0.1) is 25.4 Å². The lowest BCUT2D eigenvalue weighted by Gasteiger charge is -2.41. The fourth-order valence-corrected chi connectivity index (χ4v) is 11.1. The minimum atomic E-state index is -1.61. The lowest BCUT2D eigenvalue weighted by molar-refractivity contribution is -0.305. The minimum absolute atomic E-state index is 0.120. The van der Waals surface area contributed by atoms with Gasteiger partial charge >= 0.3 is 5.97 Å². The number of esters is 1. The molecule has 11 nitrogen and oxygen atoms in total. The van der Waals surface area contributed by atoms with Crippen molar-refractivity contribution < 1.29 is 49.3 Å². The zero-order valence-corrected chi connectivity index (χ0v) is 54.1. The van der Waals surface area contributed by atoms with Crippen LogP contribution in [0.5, 0.6) is 0 Å². The van der Waals surface area contributed by atoms with Crippen LogP contribution in [-0.2, 0) is 23.8 Å². The fourth-order valence-electron chi connectivity index (χ4n) is 11.1. The van der Waals surface area contributed by atoms with Gasteiger partial charge in [-0.05, 0) is 64.2 Å². The Morgan fingerprint density at radius 1 is 0.470 bits per heavy atom. The van der Waals surface area contributed by atoms with E-state index in [2.05, 4.69) is 62.5 Å². The van der Waals surface area contributed by atoms with E-state index in [4.69, 9.17) is 14.2 Å². The Bertz CT molecular complexity index is 1540. The smallest absolute Gasteiger partial charge is 0.306 e. The van der Waals surface area contributed by atoms with Crippen LogP contribution in [0.1, 0.15) is 335 Å². The summed E-state index contributed by atoms with van der Waals surface area (Å²) in [5.41, 5.74) is 0. The highest BCUT2D eigenvalue weighted by molar-refractivity contribution is 5.80.